The Hall–Kier alpha value is -2.28. The van der Waals surface area contributed by atoms with E-state index >= 15 is 0 Å². The van der Waals surface area contributed by atoms with Crippen LogP contribution in [0, 0.1) is 0 Å². The molecular weight excluding hydrogens is 220 g/mol. The molecule has 1 aliphatic carbocycles. The van der Waals surface area contributed by atoms with Gasteiger partial charge >= 0.3 is 0 Å². The van der Waals surface area contributed by atoms with Crippen LogP contribution in [-0.4, -0.2) is 0 Å². The lowest BCUT2D eigenvalue weighted by atomic mass is 9.94. The van der Waals surface area contributed by atoms with Crippen LogP contribution in [0.5, 0.6) is 0 Å². The summed E-state index contributed by atoms with van der Waals surface area (Å²) in [6.07, 6.45) is 6.18. The lowest BCUT2D eigenvalue weighted by Crippen LogP contribution is -2.26. The highest BCUT2D eigenvalue weighted by atomic mass is 16.5. The lowest BCUT2D eigenvalue weighted by Gasteiger charge is -2.11. The third-order valence-electron chi connectivity index (χ3n) is 3.62. The second-order valence-corrected chi connectivity index (χ2v) is 4.65. The highest BCUT2D eigenvalue weighted by Gasteiger charge is 2.24. The molecule has 1 aliphatic heterocycles. The van der Waals surface area contributed by atoms with Gasteiger partial charge in [0.05, 0.1) is 12.2 Å². The Kier molecular flexibility index (Phi) is 1.95. The molecule has 0 radical (unpaired) electrons. The summed E-state index contributed by atoms with van der Waals surface area (Å²) in [6, 6.07) is 16.9. The van der Waals surface area contributed by atoms with Gasteiger partial charge < -0.3 is 4.74 Å². The van der Waals surface area contributed by atoms with Crippen molar-refractivity contribution in [1.82, 2.24) is 0 Å². The zero-order valence-corrected chi connectivity index (χ0v) is 9.84. The van der Waals surface area contributed by atoms with E-state index in [-0.39, 0.29) is 5.92 Å². The maximum Gasteiger partial charge on any atom is 0.122 e. The Morgan fingerprint density at radius 1 is 0.889 bits per heavy atom. The van der Waals surface area contributed by atoms with Crippen LogP contribution >= 0.6 is 0 Å². The molecule has 4 rings (SSSR count). The van der Waals surface area contributed by atoms with Crippen molar-refractivity contribution in [2.24, 2.45) is 0 Å². The van der Waals surface area contributed by atoms with E-state index in [1.54, 1.807) is 6.26 Å². The van der Waals surface area contributed by atoms with Crippen molar-refractivity contribution in [1.29, 1.82) is 0 Å². The number of hydrogen-bond donors (Lipinski definition) is 0. The van der Waals surface area contributed by atoms with Gasteiger partial charge in [0.15, 0.2) is 0 Å². The molecule has 0 amide bonds. The van der Waals surface area contributed by atoms with Crippen LogP contribution in [0.15, 0.2) is 60.9 Å². The van der Waals surface area contributed by atoms with Crippen LogP contribution in [0.25, 0.3) is 11.8 Å². The molecule has 1 heteroatoms. The number of benzene rings is 2. The molecule has 1 nitrogen and oxygen atoms in total. The summed E-state index contributed by atoms with van der Waals surface area (Å²) in [5.41, 5.74) is 2.59. The van der Waals surface area contributed by atoms with Crippen molar-refractivity contribution >= 4 is 11.8 Å². The molecule has 0 N–H and O–H groups in total. The van der Waals surface area contributed by atoms with Gasteiger partial charge in [0, 0.05) is 5.22 Å². The number of rotatable bonds is 0. The highest BCUT2D eigenvalue weighted by molar-refractivity contribution is 5.67. The van der Waals surface area contributed by atoms with Crippen molar-refractivity contribution in [3.05, 3.63) is 82.4 Å². The number of ether oxygens (including phenoxy) is 1. The fourth-order valence-electron chi connectivity index (χ4n) is 2.77. The van der Waals surface area contributed by atoms with E-state index in [0.717, 1.165) is 5.76 Å². The molecule has 1 unspecified atom stereocenters. The molecular formula is C17H12O. The van der Waals surface area contributed by atoms with E-state index in [4.69, 9.17) is 4.74 Å². The molecule has 2 aromatic carbocycles. The fourth-order valence-corrected chi connectivity index (χ4v) is 2.77. The van der Waals surface area contributed by atoms with Gasteiger partial charge in [-0.1, -0.05) is 48.5 Å². The monoisotopic (exact) mass is 232 g/mol. The maximum absolute atomic E-state index is 5.74. The topological polar surface area (TPSA) is 9.23 Å². The van der Waals surface area contributed by atoms with Gasteiger partial charge in [-0.3, -0.25) is 0 Å². The Balaban J connectivity index is 2.18. The van der Waals surface area contributed by atoms with E-state index in [2.05, 4.69) is 60.7 Å². The average molecular weight is 232 g/mol. The van der Waals surface area contributed by atoms with Gasteiger partial charge in [-0.25, -0.2) is 0 Å². The van der Waals surface area contributed by atoms with Crippen molar-refractivity contribution in [3.8, 4) is 0 Å². The first kappa shape index (κ1) is 9.72. The summed E-state index contributed by atoms with van der Waals surface area (Å²) < 4.78 is 5.74. The summed E-state index contributed by atoms with van der Waals surface area (Å²) in [5.74, 6) is 1.30. The minimum atomic E-state index is 0.251. The van der Waals surface area contributed by atoms with Crippen LogP contribution in [0.2, 0.25) is 0 Å². The second-order valence-electron chi connectivity index (χ2n) is 4.65. The van der Waals surface area contributed by atoms with Crippen molar-refractivity contribution < 1.29 is 4.74 Å². The van der Waals surface area contributed by atoms with Crippen molar-refractivity contribution in [3.63, 3.8) is 0 Å². The highest BCUT2D eigenvalue weighted by Crippen LogP contribution is 2.34. The van der Waals surface area contributed by atoms with E-state index in [1.165, 1.54) is 21.6 Å². The Bertz CT molecular complexity index is 768. The molecule has 1 heterocycles. The normalized spacial score (nSPS) is 19.1. The standard InChI is InChI=1S/C17H12O/c1-3-7-14-12(5-1)11-13-6-2-4-8-15(13)17-16(14)9-10-18-17/h1-11,16H. The largest absolute Gasteiger partial charge is 0.468 e. The fraction of sp³-hybridized carbons (Fsp3) is 0.0588. The first-order valence-electron chi connectivity index (χ1n) is 6.17. The summed E-state index contributed by atoms with van der Waals surface area (Å²) in [4.78, 5) is 0. The van der Waals surface area contributed by atoms with Gasteiger partial charge in [-0.05, 0) is 28.5 Å². The Morgan fingerprint density at radius 3 is 2.72 bits per heavy atom. The summed E-state index contributed by atoms with van der Waals surface area (Å²) in [6.45, 7) is 0. The second kappa shape index (κ2) is 3.61. The summed E-state index contributed by atoms with van der Waals surface area (Å²) in [7, 11) is 0. The zero-order valence-electron chi connectivity index (χ0n) is 9.84. The zero-order chi connectivity index (χ0) is 11.9. The van der Waals surface area contributed by atoms with Crippen LogP contribution in [0.3, 0.4) is 0 Å². The van der Waals surface area contributed by atoms with E-state index in [1.807, 2.05) is 0 Å². The van der Waals surface area contributed by atoms with Gasteiger partial charge in [-0.15, -0.1) is 0 Å². The predicted molar refractivity (Wildman–Crippen MR) is 72.1 cm³/mol. The third kappa shape index (κ3) is 1.28. The van der Waals surface area contributed by atoms with Crippen molar-refractivity contribution in [2.75, 3.05) is 0 Å². The maximum atomic E-state index is 5.74. The first-order valence-corrected chi connectivity index (χ1v) is 6.17. The third-order valence-corrected chi connectivity index (χ3v) is 3.62. The van der Waals surface area contributed by atoms with E-state index in [0.29, 0.717) is 0 Å². The molecule has 86 valence electrons. The first-order chi connectivity index (χ1) is 8.93. The van der Waals surface area contributed by atoms with Crippen molar-refractivity contribution in [2.45, 2.75) is 5.92 Å². The van der Waals surface area contributed by atoms with Crippen LogP contribution in [0.1, 0.15) is 17.0 Å². The van der Waals surface area contributed by atoms with Gasteiger partial charge in [0.2, 0.25) is 0 Å². The SMILES string of the molecule is C1=CC2C(=c3ccccc3=Cc3ccccc32)O1. The number of hydrogen-bond acceptors (Lipinski definition) is 1. The van der Waals surface area contributed by atoms with Gasteiger partial charge in [0.1, 0.15) is 5.76 Å². The van der Waals surface area contributed by atoms with Crippen LogP contribution in [-0.2, 0) is 4.74 Å². The minimum Gasteiger partial charge on any atom is -0.468 e. The Morgan fingerprint density at radius 2 is 1.72 bits per heavy atom. The molecule has 1 atom stereocenters. The molecule has 0 saturated heterocycles. The molecule has 2 aromatic rings. The molecule has 0 bridgehead atoms. The van der Waals surface area contributed by atoms with Crippen LogP contribution < -0.4 is 10.4 Å². The molecule has 0 spiro atoms. The van der Waals surface area contributed by atoms with E-state index in [9.17, 15) is 0 Å². The van der Waals surface area contributed by atoms with Gasteiger partial charge in [-0.2, -0.15) is 0 Å². The smallest absolute Gasteiger partial charge is 0.122 e. The predicted octanol–water partition coefficient (Wildman–Crippen LogP) is 2.26. The minimum absolute atomic E-state index is 0.251. The average Bonchev–Trinajstić information content (AvgIpc) is 2.84. The quantitative estimate of drug-likeness (QED) is 0.677. The van der Waals surface area contributed by atoms with E-state index < -0.39 is 0 Å². The Labute approximate surface area is 105 Å². The molecule has 0 saturated carbocycles. The molecule has 0 aromatic heterocycles. The lowest BCUT2D eigenvalue weighted by molar-refractivity contribution is 0.434. The van der Waals surface area contributed by atoms with Gasteiger partial charge in [0.25, 0.3) is 0 Å². The summed E-state index contributed by atoms with van der Waals surface area (Å²) >= 11 is 0. The summed E-state index contributed by atoms with van der Waals surface area (Å²) in [5, 5.41) is 2.43. The van der Waals surface area contributed by atoms with Crippen LogP contribution in [0.4, 0.5) is 0 Å². The molecule has 0 fully saturated rings. The molecule has 18 heavy (non-hydrogen) atoms. The number of fused-ring (bicyclic) bond motifs is 4. The molecule has 2 aliphatic rings.